The standard InChI is InChI=1S/C21H20FN3O5/c1-13(20(28)24(2)11-14-6-5-7-15(22)10-14)30-18(26)12-25-21(29)17-9-4-3-8-16(17)19(27)23-25/h3-10,13H,11-12H2,1-2H3,(H,23,27). The minimum Gasteiger partial charge on any atom is -0.451 e. The Bertz CT molecular complexity index is 1220. The molecule has 0 radical (unpaired) electrons. The van der Waals surface area contributed by atoms with Crippen LogP contribution in [0.2, 0.25) is 0 Å². The number of rotatable bonds is 6. The van der Waals surface area contributed by atoms with Gasteiger partial charge in [0.1, 0.15) is 12.4 Å². The van der Waals surface area contributed by atoms with Crippen molar-refractivity contribution in [3.63, 3.8) is 0 Å². The maximum absolute atomic E-state index is 13.3. The molecule has 0 bridgehead atoms. The van der Waals surface area contributed by atoms with E-state index in [0.717, 1.165) is 4.68 Å². The molecule has 1 aromatic heterocycles. The Morgan fingerprint density at radius 3 is 2.53 bits per heavy atom. The first-order valence-electron chi connectivity index (χ1n) is 9.17. The number of esters is 1. The third-order valence-electron chi connectivity index (χ3n) is 4.51. The van der Waals surface area contributed by atoms with E-state index in [1.54, 1.807) is 18.2 Å². The van der Waals surface area contributed by atoms with Crippen LogP contribution >= 0.6 is 0 Å². The highest BCUT2D eigenvalue weighted by Gasteiger charge is 2.22. The van der Waals surface area contributed by atoms with Crippen LogP contribution in [0.4, 0.5) is 4.39 Å². The summed E-state index contributed by atoms with van der Waals surface area (Å²) >= 11 is 0. The summed E-state index contributed by atoms with van der Waals surface area (Å²) in [6.07, 6.45) is -1.13. The first-order chi connectivity index (χ1) is 14.3. The fourth-order valence-corrected chi connectivity index (χ4v) is 3.07. The predicted octanol–water partition coefficient (Wildman–Crippen LogP) is 1.42. The van der Waals surface area contributed by atoms with Crippen molar-refractivity contribution in [2.75, 3.05) is 7.05 Å². The number of hydrogen-bond acceptors (Lipinski definition) is 5. The molecule has 3 aromatic rings. The Morgan fingerprint density at radius 2 is 1.83 bits per heavy atom. The number of fused-ring (bicyclic) bond motifs is 1. The Morgan fingerprint density at radius 1 is 1.13 bits per heavy atom. The SMILES string of the molecule is CC(OC(=O)Cn1[nH]c(=O)c2ccccc2c1=O)C(=O)N(C)Cc1cccc(F)c1. The smallest absolute Gasteiger partial charge is 0.328 e. The van der Waals surface area contributed by atoms with Crippen LogP contribution < -0.4 is 11.1 Å². The Labute approximate surface area is 170 Å². The number of benzene rings is 2. The van der Waals surface area contributed by atoms with Crippen LogP contribution in [0.15, 0.2) is 58.1 Å². The second kappa shape index (κ2) is 8.73. The van der Waals surface area contributed by atoms with Gasteiger partial charge in [0, 0.05) is 13.6 Å². The summed E-state index contributed by atoms with van der Waals surface area (Å²) in [4.78, 5) is 50.5. The number of amides is 1. The minimum absolute atomic E-state index is 0.135. The molecular formula is C21H20FN3O5. The highest BCUT2D eigenvalue weighted by atomic mass is 19.1. The van der Waals surface area contributed by atoms with Crippen molar-refractivity contribution in [3.05, 3.63) is 80.6 Å². The van der Waals surface area contributed by atoms with Crippen LogP contribution in [0, 0.1) is 5.82 Å². The lowest BCUT2D eigenvalue weighted by Crippen LogP contribution is -2.39. The number of ether oxygens (including phenoxy) is 1. The van der Waals surface area contributed by atoms with E-state index in [0.29, 0.717) is 5.56 Å². The molecule has 1 heterocycles. The average Bonchev–Trinajstić information content (AvgIpc) is 2.71. The molecule has 3 rings (SSSR count). The van der Waals surface area contributed by atoms with E-state index in [2.05, 4.69) is 5.10 Å². The predicted molar refractivity (Wildman–Crippen MR) is 107 cm³/mol. The number of halogens is 1. The normalized spacial score (nSPS) is 11.8. The number of nitrogens with one attached hydrogen (secondary N) is 1. The zero-order chi connectivity index (χ0) is 21.8. The number of aromatic nitrogens is 2. The molecule has 156 valence electrons. The molecule has 30 heavy (non-hydrogen) atoms. The molecule has 0 spiro atoms. The third kappa shape index (κ3) is 4.62. The minimum atomic E-state index is -1.13. The van der Waals surface area contributed by atoms with Crippen LogP contribution in [0.1, 0.15) is 12.5 Å². The van der Waals surface area contributed by atoms with Crippen molar-refractivity contribution < 1.29 is 18.7 Å². The largest absolute Gasteiger partial charge is 0.451 e. The van der Waals surface area contributed by atoms with Gasteiger partial charge in [0.05, 0.1) is 10.8 Å². The topological polar surface area (TPSA) is 101 Å². The molecule has 0 fully saturated rings. The molecule has 0 aliphatic rings. The van der Waals surface area contributed by atoms with Crippen LogP contribution in [0.3, 0.4) is 0 Å². The van der Waals surface area contributed by atoms with Crippen molar-refractivity contribution in [3.8, 4) is 0 Å². The van der Waals surface area contributed by atoms with E-state index in [4.69, 9.17) is 4.74 Å². The van der Waals surface area contributed by atoms with Crippen LogP contribution in [0.25, 0.3) is 10.8 Å². The van der Waals surface area contributed by atoms with Gasteiger partial charge in [-0.15, -0.1) is 0 Å². The van der Waals surface area contributed by atoms with Gasteiger partial charge < -0.3 is 9.64 Å². The molecule has 1 amide bonds. The van der Waals surface area contributed by atoms with Gasteiger partial charge in [0.2, 0.25) is 0 Å². The van der Waals surface area contributed by atoms with E-state index < -0.39 is 41.5 Å². The summed E-state index contributed by atoms with van der Waals surface area (Å²) in [6, 6.07) is 12.1. The molecule has 1 atom stereocenters. The lowest BCUT2D eigenvalue weighted by molar-refractivity contribution is -0.159. The summed E-state index contributed by atoms with van der Waals surface area (Å²) in [7, 11) is 1.50. The Kier molecular flexibility index (Phi) is 6.10. The van der Waals surface area contributed by atoms with Crippen molar-refractivity contribution >= 4 is 22.6 Å². The highest BCUT2D eigenvalue weighted by Crippen LogP contribution is 2.08. The number of H-pyrrole nitrogens is 1. The van der Waals surface area contributed by atoms with E-state index in [9.17, 15) is 23.6 Å². The van der Waals surface area contributed by atoms with Crippen molar-refractivity contribution in [1.29, 1.82) is 0 Å². The second-order valence-corrected chi connectivity index (χ2v) is 6.83. The highest BCUT2D eigenvalue weighted by molar-refractivity contribution is 5.83. The van der Waals surface area contributed by atoms with Gasteiger partial charge in [-0.3, -0.25) is 24.3 Å². The van der Waals surface area contributed by atoms with Gasteiger partial charge in [-0.25, -0.2) is 9.07 Å². The fraction of sp³-hybridized carbons (Fsp3) is 0.238. The summed E-state index contributed by atoms with van der Waals surface area (Å²) < 4.78 is 19.3. The molecule has 1 unspecified atom stereocenters. The monoisotopic (exact) mass is 413 g/mol. The van der Waals surface area contributed by atoms with Gasteiger partial charge in [-0.1, -0.05) is 24.3 Å². The van der Waals surface area contributed by atoms with E-state index >= 15 is 0 Å². The third-order valence-corrected chi connectivity index (χ3v) is 4.51. The van der Waals surface area contributed by atoms with Crippen LogP contribution in [0.5, 0.6) is 0 Å². The number of carbonyl (C=O) groups excluding carboxylic acids is 2. The van der Waals surface area contributed by atoms with Crippen LogP contribution in [-0.2, 0) is 27.4 Å². The molecule has 9 heteroatoms. The van der Waals surface area contributed by atoms with Crippen molar-refractivity contribution in [2.24, 2.45) is 0 Å². The zero-order valence-corrected chi connectivity index (χ0v) is 16.4. The molecule has 0 saturated carbocycles. The van der Waals surface area contributed by atoms with Gasteiger partial charge in [-0.2, -0.15) is 0 Å². The molecule has 0 aliphatic carbocycles. The number of likely N-dealkylation sites (N-methyl/N-ethyl adjacent to an activating group) is 1. The number of hydrogen-bond donors (Lipinski definition) is 1. The maximum Gasteiger partial charge on any atom is 0.328 e. The second-order valence-electron chi connectivity index (χ2n) is 6.83. The van der Waals surface area contributed by atoms with Gasteiger partial charge in [0.15, 0.2) is 6.10 Å². The molecular weight excluding hydrogens is 393 g/mol. The van der Waals surface area contributed by atoms with Gasteiger partial charge >= 0.3 is 5.97 Å². The molecule has 0 saturated heterocycles. The Hall–Kier alpha value is -3.75. The van der Waals surface area contributed by atoms with E-state index in [1.165, 1.54) is 49.2 Å². The Balaban J connectivity index is 1.66. The average molecular weight is 413 g/mol. The quantitative estimate of drug-likeness (QED) is 0.616. The lowest BCUT2D eigenvalue weighted by atomic mass is 10.2. The van der Waals surface area contributed by atoms with Gasteiger partial charge in [-0.05, 0) is 36.8 Å². The summed E-state index contributed by atoms with van der Waals surface area (Å²) in [5, 5.41) is 2.72. The number of aromatic amines is 1. The van der Waals surface area contributed by atoms with Crippen molar-refractivity contribution in [1.82, 2.24) is 14.7 Å². The molecule has 0 aliphatic heterocycles. The zero-order valence-electron chi connectivity index (χ0n) is 16.4. The van der Waals surface area contributed by atoms with Crippen LogP contribution in [-0.4, -0.2) is 39.7 Å². The number of nitrogens with zero attached hydrogens (tertiary/aromatic N) is 2. The first kappa shape index (κ1) is 21.0. The summed E-state index contributed by atoms with van der Waals surface area (Å²) in [5.74, 6) is -1.77. The number of carbonyl (C=O) groups is 2. The molecule has 2 aromatic carbocycles. The summed E-state index contributed by atoms with van der Waals surface area (Å²) in [5.41, 5.74) is -0.481. The fourth-order valence-electron chi connectivity index (χ4n) is 3.07. The first-order valence-corrected chi connectivity index (χ1v) is 9.17. The van der Waals surface area contributed by atoms with E-state index in [1.807, 2.05) is 0 Å². The lowest BCUT2D eigenvalue weighted by Gasteiger charge is -2.21. The van der Waals surface area contributed by atoms with Gasteiger partial charge in [0.25, 0.3) is 17.0 Å². The molecule has 8 nitrogen and oxygen atoms in total. The van der Waals surface area contributed by atoms with E-state index in [-0.39, 0.29) is 17.3 Å². The maximum atomic E-state index is 13.3. The molecule has 1 N–H and O–H groups in total. The van der Waals surface area contributed by atoms with Crippen molar-refractivity contribution in [2.45, 2.75) is 26.1 Å². The summed E-state index contributed by atoms with van der Waals surface area (Å²) in [6.45, 7) is 0.980.